The van der Waals surface area contributed by atoms with E-state index in [0.717, 1.165) is 0 Å². The number of anilines is 1. The number of rotatable bonds is 2. The summed E-state index contributed by atoms with van der Waals surface area (Å²) >= 11 is 3.80. The minimum absolute atomic E-state index is 0.704. The van der Waals surface area contributed by atoms with Gasteiger partial charge >= 0.3 is 0 Å². The highest BCUT2D eigenvalue weighted by Crippen LogP contribution is 2.41. The Balaban J connectivity index is 1.94. The maximum absolute atomic E-state index is 3.80. The minimum Gasteiger partial charge on any atom is -0.365 e. The van der Waals surface area contributed by atoms with Crippen molar-refractivity contribution in [3.8, 4) is 0 Å². The molecule has 3 heteroatoms. The van der Waals surface area contributed by atoms with Crippen LogP contribution in [0.4, 0.5) is 5.69 Å². The van der Waals surface area contributed by atoms with Crippen LogP contribution in [0, 0.1) is 6.92 Å². The van der Waals surface area contributed by atoms with Crippen molar-refractivity contribution >= 4 is 21.6 Å². The highest BCUT2D eigenvalue weighted by Gasteiger charge is 2.38. The van der Waals surface area contributed by atoms with Gasteiger partial charge in [0.15, 0.2) is 0 Å². The third kappa shape index (κ3) is 2.43. The van der Waals surface area contributed by atoms with E-state index in [2.05, 4.69) is 58.3 Å². The first-order valence-corrected chi connectivity index (χ1v) is 8.20. The molecule has 2 unspecified atom stereocenters. The topological polar surface area (TPSA) is 15.3 Å². The first-order chi connectivity index (χ1) is 9.20. The van der Waals surface area contributed by atoms with Crippen LogP contribution in [-0.4, -0.2) is 25.2 Å². The highest BCUT2D eigenvalue weighted by molar-refractivity contribution is 9.10. The number of hydrogen-bond acceptors (Lipinski definition) is 2. The molecule has 2 atom stereocenters. The molecule has 0 aromatic heterocycles. The molecule has 2 saturated heterocycles. The summed E-state index contributed by atoms with van der Waals surface area (Å²) in [6.07, 6.45) is 6.65. The lowest BCUT2D eigenvalue weighted by Gasteiger charge is -2.50. The van der Waals surface area contributed by atoms with E-state index in [9.17, 15) is 0 Å². The van der Waals surface area contributed by atoms with Crippen LogP contribution in [0.3, 0.4) is 0 Å². The fourth-order valence-corrected chi connectivity index (χ4v) is 4.31. The van der Waals surface area contributed by atoms with Crippen LogP contribution in [0.1, 0.15) is 37.7 Å². The Morgan fingerprint density at radius 2 is 1.89 bits per heavy atom. The normalized spacial score (nSPS) is 30.5. The van der Waals surface area contributed by atoms with Crippen LogP contribution in [0.25, 0.3) is 0 Å². The third-order valence-corrected chi connectivity index (χ3v) is 5.86. The smallest absolute Gasteiger partial charge is 0.0518 e. The van der Waals surface area contributed by atoms with Crippen molar-refractivity contribution in [1.82, 2.24) is 5.32 Å². The summed E-state index contributed by atoms with van der Waals surface area (Å²) in [5, 5.41) is 3.49. The van der Waals surface area contributed by atoms with Crippen LogP contribution in [-0.2, 0) is 0 Å². The maximum atomic E-state index is 3.80. The van der Waals surface area contributed by atoms with Crippen molar-refractivity contribution in [1.29, 1.82) is 0 Å². The first kappa shape index (κ1) is 13.4. The number of nitrogens with one attached hydrogen (secondary N) is 1. The number of piperidine rings is 2. The molecule has 0 amide bonds. The summed E-state index contributed by atoms with van der Waals surface area (Å²) in [4.78, 5) is 2.70. The summed E-state index contributed by atoms with van der Waals surface area (Å²) in [5.41, 5.74) is 2.75. The van der Waals surface area contributed by atoms with Gasteiger partial charge in [-0.25, -0.2) is 0 Å². The number of aryl methyl sites for hydroxylation is 1. The van der Waals surface area contributed by atoms with Crippen molar-refractivity contribution in [2.45, 2.75) is 57.2 Å². The van der Waals surface area contributed by atoms with Crippen LogP contribution in [0.2, 0.25) is 0 Å². The van der Waals surface area contributed by atoms with Crippen LogP contribution in [0.5, 0.6) is 0 Å². The van der Waals surface area contributed by atoms with Gasteiger partial charge in [0, 0.05) is 22.6 Å². The van der Waals surface area contributed by atoms with Crippen molar-refractivity contribution < 1.29 is 0 Å². The monoisotopic (exact) mass is 322 g/mol. The molecule has 19 heavy (non-hydrogen) atoms. The lowest BCUT2D eigenvalue weighted by atomic mass is 9.81. The second-order valence-corrected chi connectivity index (χ2v) is 6.80. The quantitative estimate of drug-likeness (QED) is 0.889. The largest absolute Gasteiger partial charge is 0.365 e. The third-order valence-electron chi connectivity index (χ3n) is 4.83. The molecule has 1 aromatic carbocycles. The van der Waals surface area contributed by atoms with E-state index < -0.39 is 0 Å². The zero-order valence-electron chi connectivity index (χ0n) is 11.8. The fourth-order valence-electron chi connectivity index (χ4n) is 3.84. The molecule has 2 bridgehead atoms. The van der Waals surface area contributed by atoms with Gasteiger partial charge in [-0.1, -0.05) is 12.1 Å². The number of halogens is 1. The number of benzene rings is 1. The molecule has 2 aliphatic heterocycles. The average molecular weight is 323 g/mol. The molecule has 2 aliphatic rings. The van der Waals surface area contributed by atoms with Crippen LogP contribution in [0.15, 0.2) is 22.7 Å². The molecule has 104 valence electrons. The molecule has 2 fully saturated rings. The van der Waals surface area contributed by atoms with E-state index in [4.69, 9.17) is 0 Å². The number of hydrogen-bond donors (Lipinski definition) is 1. The summed E-state index contributed by atoms with van der Waals surface area (Å²) < 4.78 is 1.29. The zero-order chi connectivity index (χ0) is 13.4. The first-order valence-electron chi connectivity index (χ1n) is 7.41. The molecular weight excluding hydrogens is 300 g/mol. The predicted molar refractivity (Wildman–Crippen MR) is 84.9 cm³/mol. The summed E-state index contributed by atoms with van der Waals surface area (Å²) in [5.74, 6) is 0. The molecule has 0 spiro atoms. The van der Waals surface area contributed by atoms with Gasteiger partial charge in [-0.3, -0.25) is 0 Å². The Bertz CT molecular complexity index is 446. The highest BCUT2D eigenvalue weighted by atomic mass is 79.9. The van der Waals surface area contributed by atoms with E-state index in [0.29, 0.717) is 18.1 Å². The molecule has 0 radical (unpaired) electrons. The maximum Gasteiger partial charge on any atom is 0.0518 e. The predicted octanol–water partition coefficient (Wildman–Crippen LogP) is 3.87. The van der Waals surface area contributed by atoms with Gasteiger partial charge in [-0.05, 0) is 73.6 Å². The van der Waals surface area contributed by atoms with E-state index in [1.165, 1.54) is 47.8 Å². The van der Waals surface area contributed by atoms with Crippen molar-refractivity contribution in [2.75, 3.05) is 11.9 Å². The lowest BCUT2D eigenvalue weighted by molar-refractivity contribution is 0.252. The molecule has 1 N–H and O–H groups in total. The number of nitrogens with zero attached hydrogens (tertiary/aromatic N) is 1. The fraction of sp³-hybridized carbons (Fsp3) is 0.625. The molecule has 0 saturated carbocycles. The van der Waals surface area contributed by atoms with Gasteiger partial charge in [0.1, 0.15) is 0 Å². The van der Waals surface area contributed by atoms with Gasteiger partial charge in [-0.2, -0.15) is 0 Å². The average Bonchev–Trinajstić information content (AvgIpc) is 2.40. The molecule has 2 nitrogen and oxygen atoms in total. The Morgan fingerprint density at radius 3 is 2.53 bits per heavy atom. The standard InChI is InChI=1S/C16H23BrN2/c1-11-5-3-8-15(16(11)17)19-13-6-4-7-14(19)10-12(9-13)18-2/h3,5,8,12-14,18H,4,6-7,9-10H2,1-2H3. The SMILES string of the molecule is CNC1CC2CCCC(C1)N2c1cccc(C)c1Br. The Hall–Kier alpha value is -0.540. The minimum atomic E-state index is 0.704. The molecule has 0 aliphatic carbocycles. The van der Waals surface area contributed by atoms with Crippen molar-refractivity contribution in [3.05, 3.63) is 28.2 Å². The molecular formula is C16H23BrN2. The Labute approximate surface area is 124 Å². The second-order valence-electron chi connectivity index (χ2n) is 6.01. The summed E-state index contributed by atoms with van der Waals surface area (Å²) in [6, 6.07) is 8.78. The summed E-state index contributed by atoms with van der Waals surface area (Å²) in [6.45, 7) is 2.18. The molecule has 3 rings (SSSR count). The van der Waals surface area contributed by atoms with Crippen molar-refractivity contribution in [3.63, 3.8) is 0 Å². The van der Waals surface area contributed by atoms with E-state index >= 15 is 0 Å². The van der Waals surface area contributed by atoms with Crippen LogP contribution < -0.4 is 10.2 Å². The molecule has 1 aromatic rings. The van der Waals surface area contributed by atoms with E-state index in [1.807, 2.05) is 0 Å². The lowest BCUT2D eigenvalue weighted by Crippen LogP contribution is -2.56. The van der Waals surface area contributed by atoms with Gasteiger partial charge in [0.25, 0.3) is 0 Å². The summed E-state index contributed by atoms with van der Waals surface area (Å²) in [7, 11) is 2.11. The van der Waals surface area contributed by atoms with Gasteiger partial charge in [0.05, 0.1) is 5.69 Å². The zero-order valence-corrected chi connectivity index (χ0v) is 13.4. The van der Waals surface area contributed by atoms with Crippen molar-refractivity contribution in [2.24, 2.45) is 0 Å². The van der Waals surface area contributed by atoms with Gasteiger partial charge in [0.2, 0.25) is 0 Å². The number of fused-ring (bicyclic) bond motifs is 2. The van der Waals surface area contributed by atoms with Gasteiger partial charge < -0.3 is 10.2 Å². The van der Waals surface area contributed by atoms with Crippen LogP contribution >= 0.6 is 15.9 Å². The Kier molecular flexibility index (Phi) is 3.86. The second kappa shape index (κ2) is 5.45. The van der Waals surface area contributed by atoms with E-state index in [-0.39, 0.29) is 0 Å². The molecule has 2 heterocycles. The van der Waals surface area contributed by atoms with Gasteiger partial charge in [-0.15, -0.1) is 0 Å². The Morgan fingerprint density at radius 1 is 1.21 bits per heavy atom. The van der Waals surface area contributed by atoms with E-state index in [1.54, 1.807) is 0 Å².